The van der Waals surface area contributed by atoms with Gasteiger partial charge in [0.2, 0.25) is 5.78 Å². The van der Waals surface area contributed by atoms with Gasteiger partial charge in [-0.05, 0) is 56.1 Å². The average Bonchev–Trinajstić information content (AvgIpc) is 3.41. The third kappa shape index (κ3) is 3.89. The summed E-state index contributed by atoms with van der Waals surface area (Å²) in [6.45, 7) is 7.26. The van der Waals surface area contributed by atoms with Gasteiger partial charge in [-0.15, -0.1) is 0 Å². The number of ketones is 3. The van der Waals surface area contributed by atoms with E-state index in [1.807, 2.05) is 6.08 Å². The number of allylic oxidation sites excluding steroid dienone is 4. The van der Waals surface area contributed by atoms with Crippen molar-refractivity contribution in [1.29, 1.82) is 0 Å². The predicted octanol–water partition coefficient (Wildman–Crippen LogP) is 4.91. The van der Waals surface area contributed by atoms with Crippen molar-refractivity contribution < 1.29 is 33.4 Å². The van der Waals surface area contributed by atoms with Crippen LogP contribution in [0.25, 0.3) is 0 Å². The standard InChI is InChI=1S/C32H42O7/c1-18(2)28(36)37-17-25(35)32-26(38-29(39-32)19-8-6-5-7-9-19)15-23-22-11-10-20-14-21(33)12-13-30(20,3)27(22)24(34)16-31(23,32)4/h12-14,18-19,22-23,26-27,29H,5-11,15-17H2,1-4H3/t22?,23?,26-,27?,29-,30+,31+,32-/m1/s1. The third-order valence-corrected chi connectivity index (χ3v) is 11.3. The van der Waals surface area contributed by atoms with Crippen LogP contribution < -0.4 is 0 Å². The number of hydrogen-bond donors (Lipinski definition) is 0. The lowest BCUT2D eigenvalue weighted by molar-refractivity contribution is -0.198. The summed E-state index contributed by atoms with van der Waals surface area (Å²) in [5, 5.41) is 0. The zero-order valence-electron chi connectivity index (χ0n) is 23.7. The summed E-state index contributed by atoms with van der Waals surface area (Å²) in [6.07, 6.45) is 12.2. The Morgan fingerprint density at radius 1 is 1.10 bits per heavy atom. The molecule has 5 fully saturated rings. The van der Waals surface area contributed by atoms with Crippen molar-refractivity contribution in [3.05, 3.63) is 23.8 Å². The topological polar surface area (TPSA) is 96.0 Å². The fourth-order valence-electron chi connectivity index (χ4n) is 9.33. The maximum absolute atomic E-state index is 14.2. The lowest BCUT2D eigenvalue weighted by atomic mass is 9.46. The van der Waals surface area contributed by atoms with Gasteiger partial charge in [-0.2, -0.15) is 0 Å². The molecule has 1 aliphatic heterocycles. The van der Waals surface area contributed by atoms with E-state index in [0.29, 0.717) is 6.42 Å². The second kappa shape index (κ2) is 9.47. The van der Waals surface area contributed by atoms with Crippen LogP contribution in [0.3, 0.4) is 0 Å². The zero-order valence-corrected chi connectivity index (χ0v) is 23.7. The van der Waals surface area contributed by atoms with Gasteiger partial charge >= 0.3 is 5.97 Å². The summed E-state index contributed by atoms with van der Waals surface area (Å²) in [7, 11) is 0. The van der Waals surface area contributed by atoms with Gasteiger partial charge in [-0.3, -0.25) is 19.2 Å². The number of esters is 1. The van der Waals surface area contributed by atoms with Crippen LogP contribution in [0, 0.1) is 40.4 Å². The highest BCUT2D eigenvalue weighted by molar-refractivity contribution is 6.02. The molecule has 8 atom stereocenters. The van der Waals surface area contributed by atoms with Crippen LogP contribution >= 0.6 is 0 Å². The van der Waals surface area contributed by atoms with Gasteiger partial charge in [-0.25, -0.2) is 0 Å². The molecule has 0 bridgehead atoms. The molecule has 6 aliphatic rings. The molecule has 212 valence electrons. The van der Waals surface area contributed by atoms with Crippen molar-refractivity contribution in [3.63, 3.8) is 0 Å². The molecule has 7 nitrogen and oxygen atoms in total. The van der Waals surface area contributed by atoms with E-state index in [1.165, 1.54) is 6.42 Å². The Labute approximate surface area is 231 Å². The summed E-state index contributed by atoms with van der Waals surface area (Å²) >= 11 is 0. The van der Waals surface area contributed by atoms with Gasteiger partial charge in [-0.1, -0.05) is 58.6 Å². The van der Waals surface area contributed by atoms with Crippen LogP contribution in [-0.2, 0) is 33.4 Å². The maximum atomic E-state index is 14.2. The zero-order chi connectivity index (χ0) is 27.7. The van der Waals surface area contributed by atoms with Gasteiger partial charge in [0.1, 0.15) is 5.78 Å². The molecule has 0 aromatic carbocycles. The number of hydrogen-bond acceptors (Lipinski definition) is 7. The number of carbonyl (C=O) groups is 4. The SMILES string of the molecule is CC(C)C(=O)OCC(=O)[C@@]12O[C@H](C3CCCCC3)O[C@@H]1CC1C3CCC4=CC(=O)C=C[C@]4(C)C3C(=O)C[C@@]12C. The Morgan fingerprint density at radius 3 is 2.56 bits per heavy atom. The molecule has 3 unspecified atom stereocenters. The van der Waals surface area contributed by atoms with E-state index >= 15 is 0 Å². The molecule has 5 aliphatic carbocycles. The van der Waals surface area contributed by atoms with Crippen LogP contribution in [0.4, 0.5) is 0 Å². The Kier molecular flexibility index (Phi) is 6.58. The predicted molar refractivity (Wildman–Crippen MR) is 142 cm³/mol. The van der Waals surface area contributed by atoms with E-state index in [1.54, 1.807) is 26.0 Å². The summed E-state index contributed by atoms with van der Waals surface area (Å²) < 4.78 is 18.9. The van der Waals surface area contributed by atoms with E-state index in [-0.39, 0.29) is 60.0 Å². The molecule has 0 aromatic rings. The molecular weight excluding hydrogens is 496 g/mol. The Hall–Kier alpha value is -2.12. The fraction of sp³-hybridized carbons (Fsp3) is 0.750. The molecule has 4 saturated carbocycles. The van der Waals surface area contributed by atoms with E-state index in [2.05, 4.69) is 13.8 Å². The lowest BCUT2D eigenvalue weighted by Crippen LogP contribution is -2.63. The van der Waals surface area contributed by atoms with Crippen molar-refractivity contribution in [2.45, 2.75) is 103 Å². The van der Waals surface area contributed by atoms with Gasteiger partial charge < -0.3 is 14.2 Å². The maximum Gasteiger partial charge on any atom is 0.308 e. The van der Waals surface area contributed by atoms with Crippen molar-refractivity contribution in [3.8, 4) is 0 Å². The number of fused-ring (bicyclic) bond motifs is 7. The minimum atomic E-state index is -1.31. The average molecular weight is 539 g/mol. The molecule has 6 rings (SSSR count). The Bertz CT molecular complexity index is 1150. The number of rotatable bonds is 5. The molecule has 0 spiro atoms. The summed E-state index contributed by atoms with van der Waals surface area (Å²) in [6, 6.07) is 0. The largest absolute Gasteiger partial charge is 0.457 e. The number of Topliss-reactive ketones (excluding diaryl/α,β-unsaturated/α-hetero) is 2. The van der Waals surface area contributed by atoms with Crippen molar-refractivity contribution in [2.24, 2.45) is 40.4 Å². The van der Waals surface area contributed by atoms with Gasteiger partial charge in [0.15, 0.2) is 24.3 Å². The highest BCUT2D eigenvalue weighted by Gasteiger charge is 2.76. The second-order valence-corrected chi connectivity index (χ2v) is 13.7. The first-order valence-corrected chi connectivity index (χ1v) is 15.0. The van der Waals surface area contributed by atoms with Crippen LogP contribution in [0.1, 0.15) is 85.5 Å². The van der Waals surface area contributed by atoms with Crippen LogP contribution in [-0.4, -0.2) is 47.9 Å². The van der Waals surface area contributed by atoms with Gasteiger partial charge in [0.05, 0.1) is 12.0 Å². The second-order valence-electron chi connectivity index (χ2n) is 13.7. The number of ether oxygens (including phenoxy) is 3. The number of carbonyl (C=O) groups excluding carboxylic acids is 4. The van der Waals surface area contributed by atoms with Gasteiger partial charge in [0.25, 0.3) is 0 Å². The highest BCUT2D eigenvalue weighted by Crippen LogP contribution is 2.69. The van der Waals surface area contributed by atoms with Crippen LogP contribution in [0.15, 0.2) is 23.8 Å². The minimum absolute atomic E-state index is 0.0135. The van der Waals surface area contributed by atoms with Crippen LogP contribution in [0.2, 0.25) is 0 Å². The Balaban J connectivity index is 1.36. The quantitative estimate of drug-likeness (QED) is 0.459. The summed E-state index contributed by atoms with van der Waals surface area (Å²) in [5.41, 5.74) is -1.51. The molecule has 0 amide bonds. The van der Waals surface area contributed by atoms with E-state index < -0.39 is 34.8 Å². The van der Waals surface area contributed by atoms with Crippen molar-refractivity contribution >= 4 is 23.3 Å². The first-order chi connectivity index (χ1) is 18.5. The lowest BCUT2D eigenvalue weighted by Gasteiger charge is -2.57. The molecule has 39 heavy (non-hydrogen) atoms. The molecule has 0 aromatic heterocycles. The van der Waals surface area contributed by atoms with Gasteiger partial charge in [0, 0.05) is 29.1 Å². The summed E-state index contributed by atoms with van der Waals surface area (Å²) in [4.78, 5) is 52.8. The van der Waals surface area contributed by atoms with E-state index in [4.69, 9.17) is 14.2 Å². The summed E-state index contributed by atoms with van der Waals surface area (Å²) in [5.74, 6) is -0.823. The van der Waals surface area contributed by atoms with Crippen LogP contribution in [0.5, 0.6) is 0 Å². The molecule has 0 radical (unpaired) electrons. The molecule has 0 N–H and O–H groups in total. The van der Waals surface area contributed by atoms with E-state index in [0.717, 1.165) is 44.1 Å². The highest BCUT2D eigenvalue weighted by atomic mass is 16.7. The molecule has 1 saturated heterocycles. The Morgan fingerprint density at radius 2 is 1.85 bits per heavy atom. The fourth-order valence-corrected chi connectivity index (χ4v) is 9.33. The normalized spacial score (nSPS) is 43.4. The van der Waals surface area contributed by atoms with E-state index in [9.17, 15) is 19.2 Å². The molecular formula is C32H42O7. The van der Waals surface area contributed by atoms with Crippen molar-refractivity contribution in [2.75, 3.05) is 6.61 Å². The first kappa shape index (κ1) is 27.1. The molecule has 1 heterocycles. The first-order valence-electron chi connectivity index (χ1n) is 15.0. The molecule has 7 heteroatoms. The monoisotopic (exact) mass is 538 g/mol. The van der Waals surface area contributed by atoms with Crippen molar-refractivity contribution in [1.82, 2.24) is 0 Å². The smallest absolute Gasteiger partial charge is 0.308 e. The minimum Gasteiger partial charge on any atom is -0.457 e. The third-order valence-electron chi connectivity index (χ3n) is 11.3.